The lowest BCUT2D eigenvalue weighted by Gasteiger charge is -1.94. The molecule has 0 amide bonds. The summed E-state index contributed by atoms with van der Waals surface area (Å²) in [5, 5.41) is 7.04. The van der Waals surface area contributed by atoms with Gasteiger partial charge < -0.3 is 10.2 Å². The average molecular weight is 217 g/mol. The first-order valence-electron chi connectivity index (χ1n) is 3.17. The Bertz CT molecular complexity index is 280. The second-order valence-corrected chi connectivity index (χ2v) is 3.14. The molecule has 3 N–H and O–H groups in total. The molecule has 1 aromatic heterocycles. The van der Waals surface area contributed by atoms with Crippen LogP contribution in [0.5, 0.6) is 0 Å². The molecule has 0 saturated heterocycles. The first kappa shape index (κ1) is 8.33. The normalized spacial score (nSPS) is 10.0. The molecule has 0 aliphatic rings. The van der Waals surface area contributed by atoms with Gasteiger partial charge in [0.05, 0.1) is 12.3 Å². The van der Waals surface area contributed by atoms with Crippen molar-refractivity contribution in [2.45, 2.75) is 13.3 Å². The van der Waals surface area contributed by atoms with Gasteiger partial charge in [-0.15, -0.1) is 0 Å². The van der Waals surface area contributed by atoms with E-state index in [1.807, 2.05) is 13.0 Å². The van der Waals surface area contributed by atoms with E-state index in [0.29, 0.717) is 11.1 Å². The molecular formula is C7H9BrN2O. The Kier molecular flexibility index (Phi) is 2.34. The van der Waals surface area contributed by atoms with Gasteiger partial charge in [0.1, 0.15) is 5.76 Å². The number of furan rings is 1. The molecule has 0 atom stereocenters. The second kappa shape index (κ2) is 3.09. The maximum atomic E-state index is 7.04. The summed E-state index contributed by atoms with van der Waals surface area (Å²) in [6, 6.07) is 1.86. The third-order valence-electron chi connectivity index (χ3n) is 1.34. The number of hydrogen-bond acceptors (Lipinski definition) is 2. The van der Waals surface area contributed by atoms with Crippen molar-refractivity contribution in [2.24, 2.45) is 5.73 Å². The van der Waals surface area contributed by atoms with E-state index in [1.165, 1.54) is 0 Å². The fraction of sp³-hybridized carbons (Fsp3) is 0.286. The molecule has 3 nitrogen and oxygen atoms in total. The molecule has 0 fully saturated rings. The van der Waals surface area contributed by atoms with Gasteiger partial charge in [0.2, 0.25) is 0 Å². The summed E-state index contributed by atoms with van der Waals surface area (Å²) in [6.45, 7) is 1.92. The molecule has 11 heavy (non-hydrogen) atoms. The van der Waals surface area contributed by atoms with Gasteiger partial charge in [0.15, 0.2) is 4.67 Å². The van der Waals surface area contributed by atoms with Crippen molar-refractivity contribution in [1.82, 2.24) is 0 Å². The highest BCUT2D eigenvalue weighted by molar-refractivity contribution is 9.10. The molecule has 0 aliphatic heterocycles. The van der Waals surface area contributed by atoms with Gasteiger partial charge >= 0.3 is 0 Å². The first-order valence-corrected chi connectivity index (χ1v) is 3.96. The number of aryl methyl sites for hydroxylation is 1. The summed E-state index contributed by atoms with van der Waals surface area (Å²) in [6.07, 6.45) is 0.386. The summed E-state index contributed by atoms with van der Waals surface area (Å²) in [5.41, 5.74) is 6.23. The molecular weight excluding hydrogens is 208 g/mol. The van der Waals surface area contributed by atoms with Gasteiger partial charge in [0.25, 0.3) is 0 Å². The van der Waals surface area contributed by atoms with E-state index < -0.39 is 0 Å². The standard InChI is InChI=1S/C7H9BrN2O/c1-4-2-6(8)11-5(4)3-7(9)10/h2H,3H2,1H3,(H3,9,10). The van der Waals surface area contributed by atoms with E-state index in [4.69, 9.17) is 15.6 Å². The van der Waals surface area contributed by atoms with E-state index in [9.17, 15) is 0 Å². The Balaban J connectivity index is 2.85. The highest BCUT2D eigenvalue weighted by atomic mass is 79.9. The quantitative estimate of drug-likeness (QED) is 0.586. The van der Waals surface area contributed by atoms with Crippen LogP contribution in [0, 0.1) is 12.3 Å². The number of amidine groups is 1. The van der Waals surface area contributed by atoms with Crippen LogP contribution in [0.25, 0.3) is 0 Å². The molecule has 0 aliphatic carbocycles. The van der Waals surface area contributed by atoms with Gasteiger partial charge in [0, 0.05) is 0 Å². The van der Waals surface area contributed by atoms with E-state index in [2.05, 4.69) is 15.9 Å². The maximum Gasteiger partial charge on any atom is 0.169 e. The van der Waals surface area contributed by atoms with Crippen LogP contribution in [0.2, 0.25) is 0 Å². The van der Waals surface area contributed by atoms with Gasteiger partial charge in [-0.25, -0.2) is 0 Å². The van der Waals surface area contributed by atoms with Crippen molar-refractivity contribution in [3.8, 4) is 0 Å². The Hall–Kier alpha value is -0.770. The highest BCUT2D eigenvalue weighted by Gasteiger charge is 2.05. The molecule has 0 radical (unpaired) electrons. The zero-order chi connectivity index (χ0) is 8.43. The average Bonchev–Trinajstić information content (AvgIpc) is 2.09. The molecule has 4 heteroatoms. The lowest BCUT2D eigenvalue weighted by Crippen LogP contribution is -2.12. The maximum absolute atomic E-state index is 7.04. The topological polar surface area (TPSA) is 63.0 Å². The van der Waals surface area contributed by atoms with Gasteiger partial charge in [-0.1, -0.05) is 0 Å². The fourth-order valence-electron chi connectivity index (χ4n) is 0.827. The molecule has 1 aromatic rings. The number of hydrogen-bond donors (Lipinski definition) is 2. The molecule has 0 spiro atoms. The number of nitrogens with two attached hydrogens (primary N) is 1. The van der Waals surface area contributed by atoms with E-state index in [-0.39, 0.29) is 5.84 Å². The van der Waals surface area contributed by atoms with Crippen LogP contribution >= 0.6 is 15.9 Å². The van der Waals surface area contributed by atoms with Crippen molar-refractivity contribution in [3.63, 3.8) is 0 Å². The molecule has 0 unspecified atom stereocenters. The van der Waals surface area contributed by atoms with Crippen molar-refractivity contribution in [1.29, 1.82) is 5.41 Å². The fourth-order valence-corrected chi connectivity index (χ4v) is 1.37. The van der Waals surface area contributed by atoms with Crippen LogP contribution in [0.1, 0.15) is 11.3 Å². The van der Waals surface area contributed by atoms with Crippen LogP contribution in [-0.2, 0) is 6.42 Å². The summed E-state index contributed by atoms with van der Waals surface area (Å²) in [7, 11) is 0. The van der Waals surface area contributed by atoms with Gasteiger partial charge in [-0.3, -0.25) is 5.41 Å². The summed E-state index contributed by atoms with van der Waals surface area (Å²) in [5.74, 6) is 0.874. The Morgan fingerprint density at radius 1 is 1.82 bits per heavy atom. The largest absolute Gasteiger partial charge is 0.454 e. The number of halogens is 1. The lowest BCUT2D eigenvalue weighted by atomic mass is 10.2. The zero-order valence-corrected chi connectivity index (χ0v) is 7.73. The Labute approximate surface area is 73.2 Å². The summed E-state index contributed by atoms with van der Waals surface area (Å²) >= 11 is 3.19. The Morgan fingerprint density at radius 3 is 2.82 bits per heavy atom. The lowest BCUT2D eigenvalue weighted by molar-refractivity contribution is 0.500. The van der Waals surface area contributed by atoms with Gasteiger partial charge in [-0.05, 0) is 34.5 Å². The Morgan fingerprint density at radius 2 is 2.45 bits per heavy atom. The predicted octanol–water partition coefficient (Wildman–Crippen LogP) is 1.83. The highest BCUT2D eigenvalue weighted by Crippen LogP contribution is 2.19. The van der Waals surface area contributed by atoms with Crippen LogP contribution in [0.3, 0.4) is 0 Å². The van der Waals surface area contributed by atoms with E-state index in [0.717, 1.165) is 11.3 Å². The van der Waals surface area contributed by atoms with Crippen LogP contribution < -0.4 is 5.73 Å². The van der Waals surface area contributed by atoms with E-state index in [1.54, 1.807) is 0 Å². The first-order chi connectivity index (χ1) is 5.09. The third kappa shape index (κ3) is 2.08. The monoisotopic (exact) mass is 216 g/mol. The van der Waals surface area contributed by atoms with Gasteiger partial charge in [-0.2, -0.15) is 0 Å². The second-order valence-electron chi connectivity index (χ2n) is 2.36. The summed E-state index contributed by atoms with van der Waals surface area (Å²) in [4.78, 5) is 0. The smallest absolute Gasteiger partial charge is 0.169 e. The van der Waals surface area contributed by atoms with Crippen molar-refractivity contribution < 1.29 is 4.42 Å². The van der Waals surface area contributed by atoms with Crippen LogP contribution in [0.15, 0.2) is 15.2 Å². The van der Waals surface area contributed by atoms with Crippen molar-refractivity contribution in [3.05, 3.63) is 22.1 Å². The minimum atomic E-state index is 0.120. The molecule has 1 rings (SSSR count). The summed E-state index contributed by atoms with van der Waals surface area (Å²) < 4.78 is 5.91. The number of rotatable bonds is 2. The molecule has 60 valence electrons. The zero-order valence-electron chi connectivity index (χ0n) is 6.15. The molecule has 0 bridgehead atoms. The van der Waals surface area contributed by atoms with Crippen molar-refractivity contribution >= 4 is 21.8 Å². The third-order valence-corrected chi connectivity index (χ3v) is 1.73. The molecule has 0 aromatic carbocycles. The van der Waals surface area contributed by atoms with E-state index >= 15 is 0 Å². The molecule has 0 saturated carbocycles. The predicted molar refractivity (Wildman–Crippen MR) is 46.8 cm³/mol. The number of nitrogens with one attached hydrogen (secondary N) is 1. The molecule has 1 heterocycles. The minimum absolute atomic E-state index is 0.120. The van der Waals surface area contributed by atoms with Crippen molar-refractivity contribution in [2.75, 3.05) is 0 Å². The SMILES string of the molecule is Cc1cc(Br)oc1CC(=N)N. The van der Waals surface area contributed by atoms with Crippen LogP contribution in [-0.4, -0.2) is 5.84 Å². The minimum Gasteiger partial charge on any atom is -0.454 e. The van der Waals surface area contributed by atoms with Crippen LogP contribution in [0.4, 0.5) is 0 Å².